The molecular formula is C9H10ClNO. The summed E-state index contributed by atoms with van der Waals surface area (Å²) >= 11 is 5.67. The topological polar surface area (TPSA) is 21.6 Å². The minimum atomic E-state index is 0.359. The van der Waals surface area contributed by atoms with Crippen molar-refractivity contribution in [3.8, 4) is 0 Å². The van der Waals surface area contributed by atoms with Crippen molar-refractivity contribution in [2.75, 3.05) is 13.0 Å². The number of nitrogens with zero attached hydrogens (tertiary/aromatic N) is 1. The van der Waals surface area contributed by atoms with Gasteiger partial charge in [-0.25, -0.2) is 0 Å². The van der Waals surface area contributed by atoms with E-state index in [0.717, 1.165) is 11.3 Å². The van der Waals surface area contributed by atoms with Gasteiger partial charge in [0, 0.05) is 5.56 Å². The van der Waals surface area contributed by atoms with E-state index in [0.29, 0.717) is 5.88 Å². The van der Waals surface area contributed by atoms with Crippen molar-refractivity contribution in [2.45, 2.75) is 0 Å². The largest absolute Gasteiger partial charge is 0.399 e. The maximum absolute atomic E-state index is 5.67. The summed E-state index contributed by atoms with van der Waals surface area (Å²) in [6.45, 7) is 0. The van der Waals surface area contributed by atoms with Gasteiger partial charge in [0.2, 0.25) is 0 Å². The van der Waals surface area contributed by atoms with Crippen molar-refractivity contribution < 1.29 is 4.84 Å². The Morgan fingerprint density at radius 1 is 1.42 bits per heavy atom. The molecule has 12 heavy (non-hydrogen) atoms. The van der Waals surface area contributed by atoms with Gasteiger partial charge >= 0.3 is 0 Å². The number of alkyl halides is 1. The van der Waals surface area contributed by atoms with Crippen LogP contribution in [0.3, 0.4) is 0 Å². The highest BCUT2D eigenvalue weighted by atomic mass is 35.5. The molecule has 0 bridgehead atoms. The molecule has 0 aromatic heterocycles. The van der Waals surface area contributed by atoms with Crippen LogP contribution in [0.25, 0.3) is 0 Å². The smallest absolute Gasteiger partial charge is 0.106 e. The van der Waals surface area contributed by atoms with E-state index in [-0.39, 0.29) is 0 Å². The number of hydrogen-bond acceptors (Lipinski definition) is 2. The second-order valence-corrected chi connectivity index (χ2v) is 2.49. The summed E-state index contributed by atoms with van der Waals surface area (Å²) in [4.78, 5) is 4.65. The van der Waals surface area contributed by atoms with Crippen LogP contribution in [0.5, 0.6) is 0 Å². The van der Waals surface area contributed by atoms with Crippen LogP contribution in [0.2, 0.25) is 0 Å². The highest BCUT2D eigenvalue weighted by molar-refractivity contribution is 6.31. The van der Waals surface area contributed by atoms with E-state index < -0.39 is 0 Å². The fraction of sp³-hybridized carbons (Fsp3) is 0.222. The Balaban J connectivity index is 2.88. The number of rotatable bonds is 3. The molecule has 64 valence electrons. The van der Waals surface area contributed by atoms with Gasteiger partial charge < -0.3 is 4.84 Å². The molecule has 3 heteroatoms. The van der Waals surface area contributed by atoms with Gasteiger partial charge in [-0.3, -0.25) is 0 Å². The lowest BCUT2D eigenvalue weighted by Gasteiger charge is -2.00. The number of benzene rings is 1. The van der Waals surface area contributed by atoms with Crippen molar-refractivity contribution in [1.29, 1.82) is 0 Å². The van der Waals surface area contributed by atoms with E-state index in [4.69, 9.17) is 11.6 Å². The normalized spacial score (nSPS) is 11.3. The lowest BCUT2D eigenvalue weighted by molar-refractivity contribution is 0.213. The van der Waals surface area contributed by atoms with Crippen LogP contribution in [0.15, 0.2) is 35.5 Å². The summed E-state index contributed by atoms with van der Waals surface area (Å²) in [5, 5.41) is 3.80. The van der Waals surface area contributed by atoms with Crippen LogP contribution < -0.4 is 0 Å². The molecule has 0 heterocycles. The summed E-state index contributed by atoms with van der Waals surface area (Å²) in [5.41, 5.74) is 1.74. The molecule has 0 N–H and O–H groups in total. The van der Waals surface area contributed by atoms with Crippen molar-refractivity contribution in [1.82, 2.24) is 0 Å². The van der Waals surface area contributed by atoms with Crippen LogP contribution in [-0.2, 0) is 4.84 Å². The molecule has 0 aliphatic heterocycles. The lowest BCUT2D eigenvalue weighted by Crippen LogP contribution is -2.02. The van der Waals surface area contributed by atoms with Gasteiger partial charge in [0.15, 0.2) is 0 Å². The van der Waals surface area contributed by atoms with Gasteiger partial charge in [-0.05, 0) is 0 Å². The van der Waals surface area contributed by atoms with Crippen LogP contribution in [-0.4, -0.2) is 18.7 Å². The van der Waals surface area contributed by atoms with E-state index in [1.165, 1.54) is 7.11 Å². The first-order valence-corrected chi connectivity index (χ1v) is 4.13. The third kappa shape index (κ3) is 2.24. The Labute approximate surface area is 76.8 Å². The number of halogens is 1. The third-order valence-corrected chi connectivity index (χ3v) is 1.69. The van der Waals surface area contributed by atoms with Gasteiger partial charge in [0.1, 0.15) is 12.8 Å². The molecule has 0 aliphatic rings. The minimum Gasteiger partial charge on any atom is -0.399 e. The number of hydrogen-bond donors (Lipinski definition) is 0. The van der Waals surface area contributed by atoms with E-state index in [1.807, 2.05) is 30.3 Å². The molecule has 0 fully saturated rings. The first-order chi connectivity index (χ1) is 5.88. The molecule has 0 spiro atoms. The monoisotopic (exact) mass is 183 g/mol. The van der Waals surface area contributed by atoms with E-state index in [9.17, 15) is 0 Å². The molecule has 0 saturated heterocycles. The summed E-state index contributed by atoms with van der Waals surface area (Å²) in [6.07, 6.45) is 0. The summed E-state index contributed by atoms with van der Waals surface area (Å²) < 4.78 is 0. The Hall–Kier alpha value is -1.02. The Kier molecular flexibility index (Phi) is 3.61. The standard InChI is InChI=1S/C9H10ClNO/c1-12-11-9(7-10)8-5-3-2-4-6-8/h2-6H,7H2,1H3/b11-9+. The molecule has 1 rings (SSSR count). The predicted molar refractivity (Wildman–Crippen MR) is 50.7 cm³/mol. The fourth-order valence-electron chi connectivity index (χ4n) is 0.895. The SMILES string of the molecule is CO/N=C(\CCl)c1ccccc1. The predicted octanol–water partition coefficient (Wildman–Crippen LogP) is 2.28. The van der Waals surface area contributed by atoms with E-state index in [2.05, 4.69) is 9.99 Å². The first kappa shape index (κ1) is 9.07. The molecule has 0 unspecified atom stereocenters. The fourth-order valence-corrected chi connectivity index (χ4v) is 1.10. The summed E-state index contributed by atoms with van der Waals surface area (Å²) in [5.74, 6) is 0.359. The average molecular weight is 184 g/mol. The first-order valence-electron chi connectivity index (χ1n) is 3.60. The second kappa shape index (κ2) is 4.78. The van der Waals surface area contributed by atoms with E-state index in [1.54, 1.807) is 0 Å². The molecule has 0 radical (unpaired) electrons. The van der Waals surface area contributed by atoms with Crippen LogP contribution in [0, 0.1) is 0 Å². The zero-order valence-corrected chi connectivity index (χ0v) is 7.58. The molecule has 2 nitrogen and oxygen atoms in total. The van der Waals surface area contributed by atoms with Gasteiger partial charge in [0.25, 0.3) is 0 Å². The van der Waals surface area contributed by atoms with Crippen LogP contribution >= 0.6 is 11.6 Å². The van der Waals surface area contributed by atoms with Gasteiger partial charge in [-0.1, -0.05) is 35.5 Å². The zero-order valence-electron chi connectivity index (χ0n) is 6.83. The van der Waals surface area contributed by atoms with Crippen LogP contribution in [0.1, 0.15) is 5.56 Å². The Morgan fingerprint density at radius 2 is 2.08 bits per heavy atom. The summed E-state index contributed by atoms with van der Waals surface area (Å²) in [7, 11) is 1.51. The van der Waals surface area contributed by atoms with Crippen molar-refractivity contribution in [3.63, 3.8) is 0 Å². The molecule has 0 amide bonds. The van der Waals surface area contributed by atoms with Gasteiger partial charge in [0.05, 0.1) is 5.88 Å². The highest BCUT2D eigenvalue weighted by Crippen LogP contribution is 2.02. The Bertz CT molecular complexity index is 258. The second-order valence-electron chi connectivity index (χ2n) is 2.22. The van der Waals surface area contributed by atoms with Crippen molar-refractivity contribution in [3.05, 3.63) is 35.9 Å². The third-order valence-electron chi connectivity index (χ3n) is 1.44. The number of oxime groups is 1. The molecule has 0 aliphatic carbocycles. The zero-order chi connectivity index (χ0) is 8.81. The quantitative estimate of drug-likeness (QED) is 0.400. The minimum absolute atomic E-state index is 0.359. The maximum Gasteiger partial charge on any atom is 0.106 e. The molecule has 0 atom stereocenters. The molecule has 1 aromatic carbocycles. The Morgan fingerprint density at radius 3 is 2.58 bits per heavy atom. The lowest BCUT2D eigenvalue weighted by atomic mass is 10.1. The average Bonchev–Trinajstić information content (AvgIpc) is 2.15. The van der Waals surface area contributed by atoms with Crippen molar-refractivity contribution in [2.24, 2.45) is 5.16 Å². The molecule has 0 saturated carbocycles. The molecule has 1 aromatic rings. The highest BCUT2D eigenvalue weighted by Gasteiger charge is 2.00. The van der Waals surface area contributed by atoms with Gasteiger partial charge in [-0.15, -0.1) is 11.6 Å². The molecular weight excluding hydrogens is 174 g/mol. The van der Waals surface area contributed by atoms with Gasteiger partial charge in [-0.2, -0.15) is 0 Å². The summed E-state index contributed by atoms with van der Waals surface area (Å²) in [6, 6.07) is 9.71. The van der Waals surface area contributed by atoms with Crippen molar-refractivity contribution >= 4 is 17.3 Å². The van der Waals surface area contributed by atoms with E-state index >= 15 is 0 Å². The maximum atomic E-state index is 5.67. The van der Waals surface area contributed by atoms with Crippen LogP contribution in [0.4, 0.5) is 0 Å².